The van der Waals surface area contributed by atoms with Gasteiger partial charge >= 0.3 is 6.55 Å². The zero-order valence-electron chi connectivity index (χ0n) is 13.7. The summed E-state index contributed by atoms with van der Waals surface area (Å²) in [5.41, 5.74) is 0.0566. The number of aromatic nitrogens is 2. The van der Waals surface area contributed by atoms with E-state index in [0.717, 1.165) is 31.6 Å². The summed E-state index contributed by atoms with van der Waals surface area (Å²) in [6, 6.07) is 10.9. The fourth-order valence-corrected chi connectivity index (χ4v) is 2.71. The fraction of sp³-hybridized carbons (Fsp3) is 0.412. The van der Waals surface area contributed by atoms with Crippen LogP contribution < -0.4 is 4.74 Å². The van der Waals surface area contributed by atoms with Crippen LogP contribution in [0, 0.1) is 0 Å². The number of carbonyl (C=O) groups is 1. The van der Waals surface area contributed by atoms with Gasteiger partial charge in [0.2, 0.25) is 0 Å². The summed E-state index contributed by atoms with van der Waals surface area (Å²) in [7, 11) is 0. The Morgan fingerprint density at radius 1 is 1.12 bits per heavy atom. The minimum atomic E-state index is -2.73. The monoisotopic (exact) mass is 350 g/mol. The lowest BCUT2D eigenvalue weighted by molar-refractivity contribution is 0.0532. The van der Waals surface area contributed by atoms with Gasteiger partial charge in [-0.1, -0.05) is 18.2 Å². The van der Waals surface area contributed by atoms with E-state index < -0.39 is 6.55 Å². The quantitative estimate of drug-likeness (QED) is 0.801. The Labute approximate surface area is 144 Å². The number of nitrogens with zero attached hydrogens (tertiary/aromatic N) is 4. The van der Waals surface area contributed by atoms with E-state index in [1.165, 1.54) is 6.07 Å². The highest BCUT2D eigenvalue weighted by molar-refractivity contribution is 5.92. The van der Waals surface area contributed by atoms with Gasteiger partial charge in [-0.3, -0.25) is 9.69 Å². The zero-order valence-corrected chi connectivity index (χ0v) is 13.7. The van der Waals surface area contributed by atoms with Gasteiger partial charge < -0.3 is 9.64 Å². The third-order valence-corrected chi connectivity index (χ3v) is 4.11. The van der Waals surface area contributed by atoms with Gasteiger partial charge in [0, 0.05) is 38.9 Å². The average molecular weight is 350 g/mol. The third-order valence-electron chi connectivity index (χ3n) is 4.11. The molecule has 2 heterocycles. The normalized spacial score (nSPS) is 15.6. The number of ether oxygens (including phenoxy) is 1. The van der Waals surface area contributed by atoms with Crippen molar-refractivity contribution in [2.75, 3.05) is 39.3 Å². The van der Waals surface area contributed by atoms with Crippen molar-refractivity contribution in [1.29, 1.82) is 0 Å². The molecular weight excluding hydrogens is 330 g/mol. The molecule has 25 heavy (non-hydrogen) atoms. The van der Waals surface area contributed by atoms with Crippen molar-refractivity contribution in [2.45, 2.75) is 6.55 Å². The molecule has 1 saturated heterocycles. The molecule has 0 radical (unpaired) electrons. The lowest BCUT2D eigenvalue weighted by Gasteiger charge is -2.34. The summed E-state index contributed by atoms with van der Waals surface area (Å²) in [6.07, 6.45) is 1.12. The van der Waals surface area contributed by atoms with E-state index in [-0.39, 0.29) is 11.6 Å². The molecule has 1 aliphatic rings. The maximum Gasteiger partial charge on any atom is 0.333 e. The third kappa shape index (κ3) is 4.54. The minimum Gasteiger partial charge on any atom is -0.492 e. The molecule has 0 spiro atoms. The predicted molar refractivity (Wildman–Crippen MR) is 87.8 cm³/mol. The number of benzene rings is 1. The number of alkyl halides is 2. The van der Waals surface area contributed by atoms with Crippen LogP contribution in [-0.2, 0) is 0 Å². The van der Waals surface area contributed by atoms with E-state index in [2.05, 4.69) is 10.00 Å². The second-order valence-corrected chi connectivity index (χ2v) is 5.75. The van der Waals surface area contributed by atoms with Crippen LogP contribution in [-0.4, -0.2) is 64.8 Å². The van der Waals surface area contributed by atoms with Crippen LogP contribution in [0.3, 0.4) is 0 Å². The summed E-state index contributed by atoms with van der Waals surface area (Å²) < 4.78 is 31.2. The number of amides is 1. The molecule has 0 bridgehead atoms. The summed E-state index contributed by atoms with van der Waals surface area (Å²) in [5, 5.41) is 3.63. The average Bonchev–Trinajstić information content (AvgIpc) is 3.13. The number of piperazine rings is 1. The van der Waals surface area contributed by atoms with E-state index in [4.69, 9.17) is 4.74 Å². The Morgan fingerprint density at radius 3 is 2.48 bits per heavy atom. The Kier molecular flexibility index (Phi) is 5.60. The van der Waals surface area contributed by atoms with Gasteiger partial charge in [-0.15, -0.1) is 0 Å². The van der Waals surface area contributed by atoms with Crippen molar-refractivity contribution in [3.05, 3.63) is 48.3 Å². The SMILES string of the molecule is O=C(c1ccn(C(F)F)n1)N1CCN(CCOc2ccccc2)CC1. The van der Waals surface area contributed by atoms with Gasteiger partial charge in [0.05, 0.1) is 0 Å². The van der Waals surface area contributed by atoms with Crippen LogP contribution in [0.25, 0.3) is 0 Å². The molecule has 2 aromatic rings. The summed E-state index contributed by atoms with van der Waals surface area (Å²) in [4.78, 5) is 16.2. The maximum absolute atomic E-state index is 12.5. The largest absolute Gasteiger partial charge is 0.492 e. The first-order valence-corrected chi connectivity index (χ1v) is 8.16. The topological polar surface area (TPSA) is 50.6 Å². The molecule has 1 aliphatic heterocycles. The first-order chi connectivity index (χ1) is 12.1. The van der Waals surface area contributed by atoms with Crippen LogP contribution in [0.4, 0.5) is 8.78 Å². The molecule has 134 valence electrons. The Hall–Kier alpha value is -2.48. The molecule has 3 rings (SSSR count). The standard InChI is InChI=1S/C17H20F2N4O2/c18-17(19)23-7-6-15(20-23)16(24)22-10-8-21(9-11-22)12-13-25-14-4-2-1-3-5-14/h1-7,17H,8-13H2. The molecule has 1 amide bonds. The summed E-state index contributed by atoms with van der Waals surface area (Å²) in [6.45, 7) is 1.16. The fourth-order valence-electron chi connectivity index (χ4n) is 2.71. The van der Waals surface area contributed by atoms with Gasteiger partial charge in [0.15, 0.2) is 5.69 Å². The number of carbonyl (C=O) groups excluding carboxylic acids is 1. The summed E-state index contributed by atoms with van der Waals surface area (Å²) >= 11 is 0. The van der Waals surface area contributed by atoms with Crippen molar-refractivity contribution in [1.82, 2.24) is 19.6 Å². The first-order valence-electron chi connectivity index (χ1n) is 8.16. The van der Waals surface area contributed by atoms with E-state index in [9.17, 15) is 13.6 Å². The van der Waals surface area contributed by atoms with E-state index in [1.807, 2.05) is 30.3 Å². The van der Waals surface area contributed by atoms with Crippen molar-refractivity contribution in [3.8, 4) is 5.75 Å². The number of hydrogen-bond acceptors (Lipinski definition) is 4. The molecule has 8 heteroatoms. The number of hydrogen-bond donors (Lipinski definition) is 0. The smallest absolute Gasteiger partial charge is 0.333 e. The minimum absolute atomic E-state index is 0.0566. The molecule has 1 aromatic heterocycles. The lowest BCUT2D eigenvalue weighted by atomic mass is 10.3. The number of rotatable bonds is 6. The van der Waals surface area contributed by atoms with Crippen LogP contribution in [0.2, 0.25) is 0 Å². The second-order valence-electron chi connectivity index (χ2n) is 5.75. The van der Waals surface area contributed by atoms with Crippen LogP contribution >= 0.6 is 0 Å². The highest BCUT2D eigenvalue weighted by Crippen LogP contribution is 2.12. The first kappa shape index (κ1) is 17.3. The highest BCUT2D eigenvalue weighted by Gasteiger charge is 2.24. The Morgan fingerprint density at radius 2 is 1.84 bits per heavy atom. The summed E-state index contributed by atoms with van der Waals surface area (Å²) in [5.74, 6) is 0.533. The van der Waals surface area contributed by atoms with Crippen molar-refractivity contribution in [3.63, 3.8) is 0 Å². The van der Waals surface area contributed by atoms with Crippen molar-refractivity contribution < 1.29 is 18.3 Å². The molecule has 0 aliphatic carbocycles. The van der Waals surface area contributed by atoms with Crippen LogP contribution in [0.15, 0.2) is 42.6 Å². The van der Waals surface area contributed by atoms with Crippen LogP contribution in [0.1, 0.15) is 17.0 Å². The molecule has 6 nitrogen and oxygen atoms in total. The van der Waals surface area contributed by atoms with Gasteiger partial charge in [-0.05, 0) is 18.2 Å². The van der Waals surface area contributed by atoms with Gasteiger partial charge in [0.25, 0.3) is 5.91 Å². The van der Waals surface area contributed by atoms with E-state index in [1.54, 1.807) is 4.90 Å². The molecule has 0 atom stereocenters. The lowest BCUT2D eigenvalue weighted by Crippen LogP contribution is -2.49. The van der Waals surface area contributed by atoms with Crippen LogP contribution in [0.5, 0.6) is 5.75 Å². The molecule has 0 saturated carbocycles. The predicted octanol–water partition coefficient (Wildman–Crippen LogP) is 2.12. The number of para-hydroxylation sites is 1. The van der Waals surface area contributed by atoms with E-state index >= 15 is 0 Å². The molecule has 1 aromatic carbocycles. The van der Waals surface area contributed by atoms with E-state index in [0.29, 0.717) is 24.4 Å². The maximum atomic E-state index is 12.5. The van der Waals surface area contributed by atoms with Gasteiger partial charge in [0.1, 0.15) is 12.4 Å². The Bertz CT molecular complexity index is 685. The molecule has 0 N–H and O–H groups in total. The Balaban J connectivity index is 1.42. The van der Waals surface area contributed by atoms with Gasteiger partial charge in [-0.2, -0.15) is 13.9 Å². The van der Waals surface area contributed by atoms with Crippen molar-refractivity contribution in [2.24, 2.45) is 0 Å². The second kappa shape index (κ2) is 8.06. The van der Waals surface area contributed by atoms with Crippen molar-refractivity contribution >= 4 is 5.91 Å². The molecular formula is C17H20F2N4O2. The van der Waals surface area contributed by atoms with Gasteiger partial charge in [-0.25, -0.2) is 4.68 Å². The number of halogens is 2. The zero-order chi connectivity index (χ0) is 17.6. The highest BCUT2D eigenvalue weighted by atomic mass is 19.3. The molecule has 0 unspecified atom stereocenters. The molecule has 1 fully saturated rings.